The van der Waals surface area contributed by atoms with E-state index in [0.29, 0.717) is 5.69 Å². The number of methoxy groups -OCH3 is 1. The average Bonchev–Trinajstić information content (AvgIpc) is 2.45. The molecule has 1 unspecified atom stereocenters. The Morgan fingerprint density at radius 2 is 1.90 bits per heavy atom. The van der Waals surface area contributed by atoms with Gasteiger partial charge in [-0.3, -0.25) is 0 Å². The molecule has 2 N–H and O–H groups in total. The van der Waals surface area contributed by atoms with Crippen LogP contribution >= 0.6 is 0 Å². The molecule has 0 saturated heterocycles. The molecule has 0 aliphatic heterocycles. The Labute approximate surface area is 115 Å². The summed E-state index contributed by atoms with van der Waals surface area (Å²) in [5, 5.41) is 12.8. The summed E-state index contributed by atoms with van der Waals surface area (Å²) in [6.45, 7) is 0.0761. The van der Waals surface area contributed by atoms with Crippen molar-refractivity contribution in [3.63, 3.8) is 0 Å². The molecule has 2 rings (SSSR count). The molecule has 3 nitrogen and oxygen atoms in total. The van der Waals surface area contributed by atoms with E-state index in [1.807, 2.05) is 0 Å². The number of aliphatic hydroxyl groups excluding tert-OH is 1. The SMILES string of the molecule is COc1ccc(NCC(O)c2ccccc2F)cc1F. The van der Waals surface area contributed by atoms with Crippen LogP contribution in [0.1, 0.15) is 11.7 Å². The highest BCUT2D eigenvalue weighted by Gasteiger charge is 2.12. The van der Waals surface area contributed by atoms with Crippen molar-refractivity contribution in [1.82, 2.24) is 0 Å². The summed E-state index contributed by atoms with van der Waals surface area (Å²) >= 11 is 0. The van der Waals surface area contributed by atoms with Gasteiger partial charge in [0.15, 0.2) is 11.6 Å². The zero-order chi connectivity index (χ0) is 14.5. The molecule has 106 valence electrons. The van der Waals surface area contributed by atoms with Crippen LogP contribution in [0.5, 0.6) is 5.75 Å². The van der Waals surface area contributed by atoms with E-state index in [2.05, 4.69) is 5.32 Å². The van der Waals surface area contributed by atoms with Crippen LogP contribution in [0.15, 0.2) is 42.5 Å². The lowest BCUT2D eigenvalue weighted by Crippen LogP contribution is -2.13. The normalized spacial score (nSPS) is 12.0. The first kappa shape index (κ1) is 14.3. The monoisotopic (exact) mass is 279 g/mol. The molecule has 20 heavy (non-hydrogen) atoms. The van der Waals surface area contributed by atoms with Gasteiger partial charge in [-0.15, -0.1) is 0 Å². The van der Waals surface area contributed by atoms with Gasteiger partial charge in [0.05, 0.1) is 13.2 Å². The van der Waals surface area contributed by atoms with E-state index in [4.69, 9.17) is 4.74 Å². The minimum absolute atomic E-state index is 0.0761. The van der Waals surface area contributed by atoms with Crippen molar-refractivity contribution in [2.75, 3.05) is 19.0 Å². The maximum absolute atomic E-state index is 13.5. The van der Waals surface area contributed by atoms with Gasteiger partial charge in [-0.05, 0) is 18.2 Å². The fourth-order valence-electron chi connectivity index (χ4n) is 1.85. The fourth-order valence-corrected chi connectivity index (χ4v) is 1.85. The molecule has 0 spiro atoms. The van der Waals surface area contributed by atoms with Crippen molar-refractivity contribution < 1.29 is 18.6 Å². The lowest BCUT2D eigenvalue weighted by Gasteiger charge is -2.14. The van der Waals surface area contributed by atoms with Crippen molar-refractivity contribution >= 4 is 5.69 Å². The molecule has 0 aromatic heterocycles. The van der Waals surface area contributed by atoms with Gasteiger partial charge < -0.3 is 15.2 Å². The van der Waals surface area contributed by atoms with Crippen molar-refractivity contribution in [2.45, 2.75) is 6.10 Å². The molecule has 0 aliphatic carbocycles. The van der Waals surface area contributed by atoms with Gasteiger partial charge in [-0.25, -0.2) is 8.78 Å². The quantitative estimate of drug-likeness (QED) is 0.883. The molecule has 0 aliphatic rings. The van der Waals surface area contributed by atoms with Crippen LogP contribution in [0.25, 0.3) is 0 Å². The second-order valence-corrected chi connectivity index (χ2v) is 4.27. The summed E-state index contributed by atoms with van der Waals surface area (Å²) in [6.07, 6.45) is -1.01. The first-order chi connectivity index (χ1) is 9.61. The van der Waals surface area contributed by atoms with Crippen LogP contribution in [0.4, 0.5) is 14.5 Å². The zero-order valence-corrected chi connectivity index (χ0v) is 10.9. The highest BCUT2D eigenvalue weighted by atomic mass is 19.1. The number of aliphatic hydroxyl groups is 1. The van der Waals surface area contributed by atoms with E-state index in [9.17, 15) is 13.9 Å². The Morgan fingerprint density at radius 3 is 2.55 bits per heavy atom. The van der Waals surface area contributed by atoms with Gasteiger partial charge in [0.25, 0.3) is 0 Å². The number of hydrogen-bond acceptors (Lipinski definition) is 3. The molecule has 2 aromatic carbocycles. The summed E-state index contributed by atoms with van der Waals surface area (Å²) in [7, 11) is 1.38. The fraction of sp³-hybridized carbons (Fsp3) is 0.200. The number of ether oxygens (including phenoxy) is 1. The van der Waals surface area contributed by atoms with Gasteiger partial charge >= 0.3 is 0 Å². The van der Waals surface area contributed by atoms with Crippen molar-refractivity contribution in [1.29, 1.82) is 0 Å². The zero-order valence-electron chi connectivity index (χ0n) is 10.9. The Kier molecular flexibility index (Phi) is 4.53. The van der Waals surface area contributed by atoms with E-state index in [-0.39, 0.29) is 17.9 Å². The van der Waals surface area contributed by atoms with E-state index < -0.39 is 17.7 Å². The van der Waals surface area contributed by atoms with Crippen LogP contribution in [0.2, 0.25) is 0 Å². The molecule has 0 saturated carbocycles. The lowest BCUT2D eigenvalue weighted by molar-refractivity contribution is 0.186. The van der Waals surface area contributed by atoms with Crippen LogP contribution in [-0.2, 0) is 0 Å². The maximum Gasteiger partial charge on any atom is 0.167 e. The van der Waals surface area contributed by atoms with Crippen molar-refractivity contribution in [3.05, 3.63) is 59.7 Å². The predicted molar refractivity (Wildman–Crippen MR) is 72.8 cm³/mol. The van der Waals surface area contributed by atoms with Crippen LogP contribution in [0, 0.1) is 11.6 Å². The molecule has 1 atom stereocenters. The lowest BCUT2D eigenvalue weighted by atomic mass is 10.1. The molecule has 0 bridgehead atoms. The second-order valence-electron chi connectivity index (χ2n) is 4.27. The van der Waals surface area contributed by atoms with E-state index in [0.717, 1.165) is 0 Å². The largest absolute Gasteiger partial charge is 0.494 e. The van der Waals surface area contributed by atoms with Gasteiger partial charge in [0, 0.05) is 23.9 Å². The molecule has 0 amide bonds. The van der Waals surface area contributed by atoms with Gasteiger partial charge in [0.1, 0.15) is 5.82 Å². The number of benzene rings is 2. The minimum atomic E-state index is -1.01. The summed E-state index contributed by atoms with van der Waals surface area (Å²) in [6, 6.07) is 10.4. The number of hydrogen-bond donors (Lipinski definition) is 2. The Hall–Kier alpha value is -2.14. The first-order valence-electron chi connectivity index (χ1n) is 6.11. The Bertz CT molecular complexity index is 590. The molecule has 0 radical (unpaired) electrons. The van der Waals surface area contributed by atoms with Gasteiger partial charge in [-0.2, -0.15) is 0 Å². The number of rotatable bonds is 5. The minimum Gasteiger partial charge on any atom is -0.494 e. The van der Waals surface area contributed by atoms with Crippen LogP contribution < -0.4 is 10.1 Å². The topological polar surface area (TPSA) is 41.5 Å². The van der Waals surface area contributed by atoms with Crippen molar-refractivity contribution in [2.24, 2.45) is 0 Å². The van der Waals surface area contributed by atoms with E-state index in [1.165, 1.54) is 31.4 Å². The predicted octanol–water partition coefficient (Wildman–Crippen LogP) is 3.12. The van der Waals surface area contributed by atoms with Gasteiger partial charge in [-0.1, -0.05) is 18.2 Å². The second kappa shape index (κ2) is 6.34. The molecule has 2 aromatic rings. The summed E-state index contributed by atoms with van der Waals surface area (Å²) in [5.74, 6) is -0.828. The van der Waals surface area contributed by atoms with Crippen LogP contribution in [-0.4, -0.2) is 18.8 Å². The summed E-state index contributed by atoms with van der Waals surface area (Å²) < 4.78 is 31.7. The standard InChI is InChI=1S/C15H15F2NO2/c1-20-15-7-6-10(8-13(15)17)18-9-14(19)11-4-2-3-5-12(11)16/h2-8,14,18-19H,9H2,1H3. The summed E-state index contributed by atoms with van der Waals surface area (Å²) in [4.78, 5) is 0. The number of halogens is 2. The smallest absolute Gasteiger partial charge is 0.167 e. The molecular formula is C15H15F2NO2. The number of anilines is 1. The molecule has 5 heteroatoms. The third-order valence-corrected chi connectivity index (χ3v) is 2.92. The highest BCUT2D eigenvalue weighted by molar-refractivity contribution is 5.47. The third-order valence-electron chi connectivity index (χ3n) is 2.92. The Balaban J connectivity index is 2.02. The van der Waals surface area contributed by atoms with E-state index >= 15 is 0 Å². The molecule has 0 fully saturated rings. The Morgan fingerprint density at radius 1 is 1.15 bits per heavy atom. The highest BCUT2D eigenvalue weighted by Crippen LogP contribution is 2.22. The number of nitrogens with one attached hydrogen (secondary N) is 1. The molecule has 0 heterocycles. The summed E-state index contributed by atoms with van der Waals surface area (Å²) in [5.41, 5.74) is 0.688. The van der Waals surface area contributed by atoms with Gasteiger partial charge in [0.2, 0.25) is 0 Å². The van der Waals surface area contributed by atoms with Crippen LogP contribution in [0.3, 0.4) is 0 Å². The molecular weight excluding hydrogens is 264 g/mol. The third kappa shape index (κ3) is 3.24. The average molecular weight is 279 g/mol. The maximum atomic E-state index is 13.5. The van der Waals surface area contributed by atoms with E-state index in [1.54, 1.807) is 18.2 Å². The first-order valence-corrected chi connectivity index (χ1v) is 6.11. The van der Waals surface area contributed by atoms with Crippen molar-refractivity contribution in [3.8, 4) is 5.75 Å².